The molecule has 1 unspecified atom stereocenters. The average Bonchev–Trinajstić information content (AvgIpc) is 3.05. The Kier molecular flexibility index (Phi) is 2.89. The minimum Gasteiger partial charge on any atom is -0.309 e. The molecule has 1 saturated carbocycles. The molecule has 1 aromatic heterocycles. The van der Waals surface area contributed by atoms with E-state index in [0.29, 0.717) is 6.04 Å². The minimum atomic E-state index is -0.141. The summed E-state index contributed by atoms with van der Waals surface area (Å²) >= 11 is 1.73. The quantitative estimate of drug-likeness (QED) is 0.860. The fraction of sp³-hybridized carbons (Fsp3) is 0.429. The van der Waals surface area contributed by atoms with E-state index < -0.39 is 0 Å². The Labute approximate surface area is 105 Å². The molecule has 1 heterocycles. The monoisotopic (exact) mass is 249 g/mol. The molecule has 3 heteroatoms. The Hall–Kier alpha value is -0.930. The smallest absolute Gasteiger partial charge is 0.124 e. The highest BCUT2D eigenvalue weighted by Gasteiger charge is 2.32. The zero-order chi connectivity index (χ0) is 11.8. The van der Waals surface area contributed by atoms with Gasteiger partial charge in [0.15, 0.2) is 0 Å². The second-order valence-electron chi connectivity index (χ2n) is 4.70. The van der Waals surface area contributed by atoms with Crippen LogP contribution in [0.4, 0.5) is 4.39 Å². The van der Waals surface area contributed by atoms with Crippen LogP contribution in [0, 0.1) is 11.7 Å². The number of hydrogen-bond acceptors (Lipinski definition) is 2. The molecule has 1 aliphatic carbocycles. The van der Waals surface area contributed by atoms with Crippen molar-refractivity contribution in [2.75, 3.05) is 6.54 Å². The maximum absolute atomic E-state index is 13.2. The van der Waals surface area contributed by atoms with Crippen LogP contribution in [-0.2, 0) is 0 Å². The zero-order valence-corrected chi connectivity index (χ0v) is 10.7. The number of nitrogens with one attached hydrogen (secondary N) is 1. The van der Waals surface area contributed by atoms with Crippen LogP contribution in [0.1, 0.15) is 30.7 Å². The normalized spacial score (nSPS) is 17.5. The van der Waals surface area contributed by atoms with Crippen molar-refractivity contribution < 1.29 is 4.39 Å². The van der Waals surface area contributed by atoms with Crippen molar-refractivity contribution in [2.24, 2.45) is 5.92 Å². The molecule has 0 bridgehead atoms. The molecule has 1 aromatic carbocycles. The molecular weight excluding hydrogens is 233 g/mol. The standard InChI is InChI=1S/C14H16FNS/c1-2-16-14(9-3-4-9)13-7-10-5-6-11(15)8-12(10)17-13/h5-9,14,16H,2-4H2,1H3. The molecule has 17 heavy (non-hydrogen) atoms. The van der Waals surface area contributed by atoms with Crippen molar-refractivity contribution in [3.8, 4) is 0 Å². The van der Waals surface area contributed by atoms with E-state index >= 15 is 0 Å². The van der Waals surface area contributed by atoms with Crippen molar-refractivity contribution in [2.45, 2.75) is 25.8 Å². The first-order chi connectivity index (χ1) is 8.28. The lowest BCUT2D eigenvalue weighted by Gasteiger charge is -2.14. The van der Waals surface area contributed by atoms with Crippen LogP contribution in [0.5, 0.6) is 0 Å². The van der Waals surface area contributed by atoms with Gasteiger partial charge in [0.25, 0.3) is 0 Å². The molecule has 0 radical (unpaired) electrons. The van der Waals surface area contributed by atoms with Gasteiger partial charge in [0.05, 0.1) is 0 Å². The summed E-state index contributed by atoms with van der Waals surface area (Å²) in [5.74, 6) is 0.644. The van der Waals surface area contributed by atoms with E-state index in [0.717, 1.165) is 22.5 Å². The predicted octanol–water partition coefficient (Wildman–Crippen LogP) is 4.10. The highest BCUT2D eigenvalue weighted by atomic mass is 32.1. The zero-order valence-electron chi connectivity index (χ0n) is 9.87. The lowest BCUT2D eigenvalue weighted by Crippen LogP contribution is -2.21. The molecule has 1 atom stereocenters. The Morgan fingerprint density at radius 3 is 2.94 bits per heavy atom. The van der Waals surface area contributed by atoms with Crippen molar-refractivity contribution >= 4 is 21.4 Å². The molecule has 0 saturated heterocycles. The Bertz CT molecular complexity index is 530. The Balaban J connectivity index is 1.98. The van der Waals surface area contributed by atoms with Gasteiger partial charge in [-0.25, -0.2) is 4.39 Å². The fourth-order valence-corrected chi connectivity index (χ4v) is 3.59. The number of fused-ring (bicyclic) bond motifs is 1. The van der Waals surface area contributed by atoms with Gasteiger partial charge in [-0.05, 0) is 48.9 Å². The molecule has 1 N–H and O–H groups in total. The van der Waals surface area contributed by atoms with Crippen molar-refractivity contribution in [1.29, 1.82) is 0 Å². The van der Waals surface area contributed by atoms with Crippen LogP contribution in [0.3, 0.4) is 0 Å². The average molecular weight is 249 g/mol. The first-order valence-corrected chi connectivity index (χ1v) is 7.02. The van der Waals surface area contributed by atoms with Crippen molar-refractivity contribution in [1.82, 2.24) is 5.32 Å². The SMILES string of the molecule is CCNC(c1cc2ccc(F)cc2s1)C1CC1. The van der Waals surface area contributed by atoms with Gasteiger partial charge in [-0.2, -0.15) is 0 Å². The van der Waals surface area contributed by atoms with E-state index in [9.17, 15) is 4.39 Å². The van der Waals surface area contributed by atoms with Crippen LogP contribution < -0.4 is 5.32 Å². The van der Waals surface area contributed by atoms with Gasteiger partial charge in [0.2, 0.25) is 0 Å². The molecule has 90 valence electrons. The van der Waals surface area contributed by atoms with E-state index in [2.05, 4.69) is 18.3 Å². The van der Waals surface area contributed by atoms with Gasteiger partial charge in [-0.1, -0.05) is 13.0 Å². The number of rotatable bonds is 4. The first-order valence-electron chi connectivity index (χ1n) is 6.20. The third-order valence-corrected chi connectivity index (χ3v) is 4.51. The van der Waals surface area contributed by atoms with E-state index in [4.69, 9.17) is 0 Å². The second kappa shape index (κ2) is 4.39. The lowest BCUT2D eigenvalue weighted by atomic mass is 10.1. The Morgan fingerprint density at radius 1 is 1.41 bits per heavy atom. The summed E-state index contributed by atoms with van der Waals surface area (Å²) in [6.07, 6.45) is 2.64. The van der Waals surface area contributed by atoms with Crippen LogP contribution in [0.25, 0.3) is 10.1 Å². The minimum absolute atomic E-state index is 0.141. The summed E-state index contributed by atoms with van der Waals surface area (Å²) in [5.41, 5.74) is 0. The molecule has 3 rings (SSSR count). The molecule has 0 spiro atoms. The van der Waals surface area contributed by atoms with E-state index in [-0.39, 0.29) is 5.82 Å². The van der Waals surface area contributed by atoms with Crippen molar-refractivity contribution in [3.05, 3.63) is 35.0 Å². The fourth-order valence-electron chi connectivity index (χ4n) is 2.33. The van der Waals surface area contributed by atoms with Gasteiger partial charge < -0.3 is 5.32 Å². The summed E-state index contributed by atoms with van der Waals surface area (Å²) in [6, 6.07) is 7.74. The first kappa shape index (κ1) is 11.2. The van der Waals surface area contributed by atoms with Gasteiger partial charge in [-0.15, -0.1) is 11.3 Å². The summed E-state index contributed by atoms with van der Waals surface area (Å²) in [6.45, 7) is 3.13. The van der Waals surface area contributed by atoms with Gasteiger partial charge in [-0.3, -0.25) is 0 Å². The summed E-state index contributed by atoms with van der Waals surface area (Å²) in [7, 11) is 0. The molecule has 1 aliphatic rings. The largest absolute Gasteiger partial charge is 0.309 e. The second-order valence-corrected chi connectivity index (χ2v) is 5.82. The highest BCUT2D eigenvalue weighted by Crippen LogP contribution is 2.44. The van der Waals surface area contributed by atoms with Crippen molar-refractivity contribution in [3.63, 3.8) is 0 Å². The molecular formula is C14H16FNS. The third kappa shape index (κ3) is 2.22. The predicted molar refractivity (Wildman–Crippen MR) is 70.9 cm³/mol. The lowest BCUT2D eigenvalue weighted by molar-refractivity contribution is 0.504. The van der Waals surface area contributed by atoms with E-state index in [1.165, 1.54) is 23.8 Å². The summed E-state index contributed by atoms with van der Waals surface area (Å²) in [4.78, 5) is 1.36. The van der Waals surface area contributed by atoms with Gasteiger partial charge in [0.1, 0.15) is 5.82 Å². The topological polar surface area (TPSA) is 12.0 Å². The molecule has 0 amide bonds. The summed E-state index contributed by atoms with van der Waals surface area (Å²) in [5, 5.41) is 4.72. The number of halogens is 1. The highest BCUT2D eigenvalue weighted by molar-refractivity contribution is 7.19. The maximum atomic E-state index is 13.2. The molecule has 2 aromatic rings. The van der Waals surface area contributed by atoms with Crippen LogP contribution >= 0.6 is 11.3 Å². The van der Waals surface area contributed by atoms with E-state index in [1.807, 2.05) is 6.07 Å². The summed E-state index contributed by atoms with van der Waals surface area (Å²) < 4.78 is 14.2. The molecule has 0 aliphatic heterocycles. The number of thiophene rings is 1. The van der Waals surface area contributed by atoms with E-state index in [1.54, 1.807) is 17.4 Å². The Morgan fingerprint density at radius 2 is 2.24 bits per heavy atom. The van der Waals surface area contributed by atoms with Crippen LogP contribution in [-0.4, -0.2) is 6.54 Å². The number of hydrogen-bond donors (Lipinski definition) is 1. The van der Waals surface area contributed by atoms with Gasteiger partial charge in [0, 0.05) is 15.6 Å². The van der Waals surface area contributed by atoms with Crippen LogP contribution in [0.15, 0.2) is 24.3 Å². The molecule has 1 fully saturated rings. The van der Waals surface area contributed by atoms with Crippen LogP contribution in [0.2, 0.25) is 0 Å². The van der Waals surface area contributed by atoms with Gasteiger partial charge >= 0.3 is 0 Å². The molecule has 1 nitrogen and oxygen atoms in total. The third-order valence-electron chi connectivity index (χ3n) is 3.33. The maximum Gasteiger partial charge on any atom is 0.124 e. The number of benzene rings is 1.